The quantitative estimate of drug-likeness (QED) is 0.872. The van der Waals surface area contributed by atoms with E-state index in [0.29, 0.717) is 17.6 Å². The summed E-state index contributed by atoms with van der Waals surface area (Å²) in [5.74, 6) is -0.339. The van der Waals surface area contributed by atoms with Gasteiger partial charge in [0, 0.05) is 24.2 Å². The van der Waals surface area contributed by atoms with Crippen LogP contribution >= 0.6 is 15.9 Å². The molecule has 0 saturated carbocycles. The lowest BCUT2D eigenvalue weighted by Gasteiger charge is -2.15. The average molecular weight is 328 g/mol. The van der Waals surface area contributed by atoms with Gasteiger partial charge < -0.3 is 15.2 Å². The fourth-order valence-electron chi connectivity index (χ4n) is 2.26. The summed E-state index contributed by atoms with van der Waals surface area (Å²) in [5, 5.41) is 12.3. The summed E-state index contributed by atoms with van der Waals surface area (Å²) in [6.07, 6.45) is 1.43. The van der Waals surface area contributed by atoms with Crippen molar-refractivity contribution in [3.63, 3.8) is 0 Å². The highest BCUT2D eigenvalue weighted by atomic mass is 79.9. The van der Waals surface area contributed by atoms with Crippen molar-refractivity contribution in [3.05, 3.63) is 33.8 Å². The Morgan fingerprint density at radius 2 is 2.37 bits per heavy atom. The predicted octanol–water partition coefficient (Wildman–Crippen LogP) is 2.66. The van der Waals surface area contributed by atoms with Gasteiger partial charge in [0.15, 0.2) is 0 Å². The standard InChI is InChI=1S/C14H18BrNO3/c1-9-11(4-5-19-9)7-16-8-12-3-2-10(14(17)18)6-13(12)15/h2-3,6,9,11,16H,4-5,7-8H2,1H3,(H,17,18). The largest absolute Gasteiger partial charge is 0.478 e. The topological polar surface area (TPSA) is 58.6 Å². The lowest BCUT2D eigenvalue weighted by molar-refractivity contribution is 0.0696. The lowest BCUT2D eigenvalue weighted by atomic mass is 10.0. The van der Waals surface area contributed by atoms with Gasteiger partial charge in [-0.2, -0.15) is 0 Å². The van der Waals surface area contributed by atoms with E-state index in [0.717, 1.165) is 36.2 Å². The second-order valence-electron chi connectivity index (χ2n) is 4.87. The summed E-state index contributed by atoms with van der Waals surface area (Å²) in [5.41, 5.74) is 1.37. The molecule has 2 unspecified atom stereocenters. The summed E-state index contributed by atoms with van der Waals surface area (Å²) in [7, 11) is 0. The summed E-state index contributed by atoms with van der Waals surface area (Å²) >= 11 is 3.41. The maximum absolute atomic E-state index is 10.8. The van der Waals surface area contributed by atoms with Crippen LogP contribution in [0.1, 0.15) is 29.3 Å². The van der Waals surface area contributed by atoms with Gasteiger partial charge in [0.25, 0.3) is 0 Å². The number of halogens is 1. The predicted molar refractivity (Wildman–Crippen MR) is 76.3 cm³/mol. The van der Waals surface area contributed by atoms with Crippen molar-refractivity contribution < 1.29 is 14.6 Å². The number of carboxylic acid groups (broad SMARTS) is 1. The molecule has 1 fully saturated rings. The van der Waals surface area contributed by atoms with E-state index in [1.165, 1.54) is 0 Å². The maximum atomic E-state index is 10.8. The molecule has 1 saturated heterocycles. The third-order valence-corrected chi connectivity index (χ3v) is 4.29. The van der Waals surface area contributed by atoms with Gasteiger partial charge >= 0.3 is 5.97 Å². The Morgan fingerprint density at radius 3 is 2.95 bits per heavy atom. The molecule has 1 aliphatic heterocycles. The Morgan fingerprint density at radius 1 is 1.58 bits per heavy atom. The van der Waals surface area contributed by atoms with Gasteiger partial charge in [-0.1, -0.05) is 22.0 Å². The van der Waals surface area contributed by atoms with Crippen LogP contribution in [0.4, 0.5) is 0 Å². The van der Waals surface area contributed by atoms with Crippen LogP contribution in [0.5, 0.6) is 0 Å². The number of rotatable bonds is 5. The SMILES string of the molecule is CC1OCCC1CNCc1ccc(C(=O)O)cc1Br. The molecule has 1 aromatic carbocycles. The van der Waals surface area contributed by atoms with Crippen molar-refractivity contribution in [2.75, 3.05) is 13.2 Å². The molecule has 0 aliphatic carbocycles. The van der Waals surface area contributed by atoms with E-state index >= 15 is 0 Å². The van der Waals surface area contributed by atoms with E-state index in [2.05, 4.69) is 28.2 Å². The molecule has 1 aromatic rings. The first-order valence-corrected chi connectivity index (χ1v) is 7.21. The normalized spacial score (nSPS) is 22.6. The van der Waals surface area contributed by atoms with Crippen molar-refractivity contribution in [3.8, 4) is 0 Å². The number of carboxylic acids is 1. The molecule has 104 valence electrons. The van der Waals surface area contributed by atoms with E-state index in [-0.39, 0.29) is 0 Å². The molecule has 19 heavy (non-hydrogen) atoms. The van der Waals surface area contributed by atoms with E-state index in [1.54, 1.807) is 12.1 Å². The number of carbonyl (C=O) groups is 1. The summed E-state index contributed by atoms with van der Waals surface area (Å²) in [6, 6.07) is 5.11. The van der Waals surface area contributed by atoms with E-state index in [9.17, 15) is 4.79 Å². The molecule has 0 spiro atoms. The van der Waals surface area contributed by atoms with Crippen LogP contribution in [0.25, 0.3) is 0 Å². The third-order valence-electron chi connectivity index (χ3n) is 3.56. The minimum atomic E-state index is -0.905. The van der Waals surface area contributed by atoms with Crippen LogP contribution in [-0.2, 0) is 11.3 Å². The van der Waals surface area contributed by atoms with Crippen LogP contribution in [0.3, 0.4) is 0 Å². The first kappa shape index (κ1) is 14.5. The Hall–Kier alpha value is -0.910. The zero-order valence-electron chi connectivity index (χ0n) is 10.9. The van der Waals surface area contributed by atoms with Gasteiger partial charge in [-0.05, 0) is 37.0 Å². The molecule has 5 heteroatoms. The van der Waals surface area contributed by atoms with Gasteiger partial charge in [-0.15, -0.1) is 0 Å². The molecule has 2 atom stereocenters. The monoisotopic (exact) mass is 327 g/mol. The lowest BCUT2D eigenvalue weighted by Crippen LogP contribution is -2.26. The van der Waals surface area contributed by atoms with E-state index in [4.69, 9.17) is 9.84 Å². The molecular weight excluding hydrogens is 310 g/mol. The highest BCUT2D eigenvalue weighted by Crippen LogP contribution is 2.21. The van der Waals surface area contributed by atoms with Gasteiger partial charge in [0.1, 0.15) is 0 Å². The number of nitrogens with one attached hydrogen (secondary N) is 1. The molecule has 0 amide bonds. The second-order valence-corrected chi connectivity index (χ2v) is 5.72. The minimum absolute atomic E-state index is 0.299. The molecule has 1 heterocycles. The van der Waals surface area contributed by atoms with Crippen LogP contribution in [0.2, 0.25) is 0 Å². The molecule has 2 rings (SSSR count). The maximum Gasteiger partial charge on any atom is 0.335 e. The fraction of sp³-hybridized carbons (Fsp3) is 0.500. The second kappa shape index (κ2) is 6.50. The Kier molecular flexibility index (Phi) is 4.96. The molecule has 0 bridgehead atoms. The van der Waals surface area contributed by atoms with Crippen LogP contribution in [0.15, 0.2) is 22.7 Å². The molecule has 0 aromatic heterocycles. The van der Waals surface area contributed by atoms with Gasteiger partial charge in [-0.25, -0.2) is 4.79 Å². The Labute approximate surface area is 121 Å². The number of benzene rings is 1. The fourth-order valence-corrected chi connectivity index (χ4v) is 2.78. The Bertz CT molecular complexity index is 464. The first-order valence-electron chi connectivity index (χ1n) is 6.42. The number of aromatic carboxylic acids is 1. The number of ether oxygens (including phenoxy) is 1. The number of hydrogen-bond acceptors (Lipinski definition) is 3. The zero-order valence-corrected chi connectivity index (χ0v) is 12.4. The van der Waals surface area contributed by atoms with Crippen molar-refractivity contribution in [1.29, 1.82) is 0 Å². The summed E-state index contributed by atoms with van der Waals surface area (Å²) in [6.45, 7) is 4.61. The van der Waals surface area contributed by atoms with Crippen LogP contribution in [0, 0.1) is 5.92 Å². The molecular formula is C14H18BrNO3. The van der Waals surface area contributed by atoms with E-state index < -0.39 is 5.97 Å². The molecule has 4 nitrogen and oxygen atoms in total. The summed E-state index contributed by atoms with van der Waals surface area (Å²) < 4.78 is 6.35. The smallest absolute Gasteiger partial charge is 0.335 e. The molecule has 2 N–H and O–H groups in total. The van der Waals surface area contributed by atoms with Gasteiger partial charge in [-0.3, -0.25) is 0 Å². The molecule has 1 aliphatic rings. The van der Waals surface area contributed by atoms with Crippen molar-refractivity contribution in [2.45, 2.75) is 26.0 Å². The van der Waals surface area contributed by atoms with Gasteiger partial charge in [0.2, 0.25) is 0 Å². The van der Waals surface area contributed by atoms with Crippen LogP contribution < -0.4 is 5.32 Å². The number of hydrogen-bond donors (Lipinski definition) is 2. The van der Waals surface area contributed by atoms with Crippen molar-refractivity contribution in [2.24, 2.45) is 5.92 Å². The minimum Gasteiger partial charge on any atom is -0.478 e. The van der Waals surface area contributed by atoms with Crippen LogP contribution in [-0.4, -0.2) is 30.3 Å². The highest BCUT2D eigenvalue weighted by molar-refractivity contribution is 9.10. The molecule has 0 radical (unpaired) electrons. The Balaban J connectivity index is 1.87. The summed E-state index contributed by atoms with van der Waals surface area (Å²) in [4.78, 5) is 10.8. The first-order chi connectivity index (χ1) is 9.08. The van der Waals surface area contributed by atoms with Gasteiger partial charge in [0.05, 0.1) is 11.7 Å². The van der Waals surface area contributed by atoms with Crippen molar-refractivity contribution >= 4 is 21.9 Å². The third kappa shape index (κ3) is 3.78. The average Bonchev–Trinajstić information content (AvgIpc) is 2.77. The highest BCUT2D eigenvalue weighted by Gasteiger charge is 2.23. The van der Waals surface area contributed by atoms with Crippen molar-refractivity contribution in [1.82, 2.24) is 5.32 Å². The zero-order chi connectivity index (χ0) is 13.8. The van der Waals surface area contributed by atoms with E-state index in [1.807, 2.05) is 6.07 Å².